The number of benzene rings is 1. The molecule has 0 atom stereocenters. The molecule has 20 heavy (non-hydrogen) atoms. The lowest BCUT2D eigenvalue weighted by molar-refractivity contribution is -0.386. The van der Waals surface area contributed by atoms with E-state index >= 15 is 0 Å². The molecule has 0 aliphatic carbocycles. The van der Waals surface area contributed by atoms with Crippen molar-refractivity contribution < 1.29 is 14.4 Å². The van der Waals surface area contributed by atoms with Crippen molar-refractivity contribution in [3.63, 3.8) is 0 Å². The number of nitro groups is 1. The lowest BCUT2D eigenvalue weighted by atomic mass is 9.83. The van der Waals surface area contributed by atoms with Crippen LogP contribution in [0.3, 0.4) is 0 Å². The number of nitrogens with zero attached hydrogens (tertiary/aromatic N) is 1. The molecule has 1 saturated heterocycles. The maximum atomic E-state index is 11.1. The van der Waals surface area contributed by atoms with Crippen LogP contribution in [0, 0.1) is 22.5 Å². The number of hydrogen-bond donors (Lipinski definition) is 1. The van der Waals surface area contributed by atoms with E-state index in [4.69, 9.17) is 9.47 Å². The van der Waals surface area contributed by atoms with Gasteiger partial charge >= 0.3 is 5.69 Å². The molecule has 5 nitrogen and oxygen atoms in total. The minimum atomic E-state index is -0.403. The minimum Gasteiger partial charge on any atom is -0.486 e. The molecule has 0 bridgehead atoms. The molecule has 1 aliphatic heterocycles. The molecule has 1 heterocycles. The van der Waals surface area contributed by atoms with E-state index < -0.39 is 4.92 Å². The summed E-state index contributed by atoms with van der Waals surface area (Å²) in [6.07, 6.45) is 1.74. The Balaban J connectivity index is 2.11. The molecule has 1 aromatic carbocycles. The van der Waals surface area contributed by atoms with Gasteiger partial charge < -0.3 is 9.47 Å². The Morgan fingerprint density at radius 2 is 2.15 bits per heavy atom. The smallest absolute Gasteiger partial charge is 0.311 e. The lowest BCUT2D eigenvalue weighted by Gasteiger charge is -2.35. The van der Waals surface area contributed by atoms with Crippen LogP contribution in [0.4, 0.5) is 5.69 Å². The Labute approximate surface area is 123 Å². The second kappa shape index (κ2) is 6.45. The van der Waals surface area contributed by atoms with Gasteiger partial charge in [-0.25, -0.2) is 0 Å². The fraction of sp³-hybridized carbons (Fsp3) is 0.571. The maximum absolute atomic E-state index is 11.1. The molecular weight excluding hydrogens is 278 g/mol. The zero-order valence-corrected chi connectivity index (χ0v) is 12.4. The summed E-state index contributed by atoms with van der Waals surface area (Å²) < 4.78 is 11.1. The summed E-state index contributed by atoms with van der Waals surface area (Å²) in [5.74, 6) is 1.02. The van der Waals surface area contributed by atoms with E-state index in [0.29, 0.717) is 31.3 Å². The molecule has 2 rings (SSSR count). The van der Waals surface area contributed by atoms with Crippen LogP contribution in [0.15, 0.2) is 18.2 Å². The number of hydrogen-bond acceptors (Lipinski definition) is 5. The highest BCUT2D eigenvalue weighted by Crippen LogP contribution is 2.35. The molecule has 0 aromatic heterocycles. The van der Waals surface area contributed by atoms with Crippen molar-refractivity contribution in [2.75, 3.05) is 25.6 Å². The standard InChI is InChI=1S/C14H19NO4S/c1-11-2-3-13(12(8-11)15(16)17)19-9-14(10-20)4-6-18-7-5-14/h2-3,8,20H,4-7,9-10H2,1H3. The van der Waals surface area contributed by atoms with Crippen LogP contribution in [0.2, 0.25) is 0 Å². The minimum absolute atomic E-state index is 0.0198. The van der Waals surface area contributed by atoms with Crippen molar-refractivity contribution in [3.8, 4) is 5.75 Å². The Morgan fingerprint density at radius 3 is 2.75 bits per heavy atom. The summed E-state index contributed by atoms with van der Waals surface area (Å²) in [7, 11) is 0. The monoisotopic (exact) mass is 297 g/mol. The molecule has 0 amide bonds. The normalized spacial score (nSPS) is 17.7. The fourth-order valence-electron chi connectivity index (χ4n) is 2.28. The first-order valence-corrected chi connectivity index (χ1v) is 7.26. The zero-order chi connectivity index (χ0) is 14.6. The average Bonchev–Trinajstić information content (AvgIpc) is 2.47. The van der Waals surface area contributed by atoms with Crippen molar-refractivity contribution in [3.05, 3.63) is 33.9 Å². The molecule has 1 aromatic rings. The Hall–Kier alpha value is -1.27. The Morgan fingerprint density at radius 1 is 1.45 bits per heavy atom. The van der Waals surface area contributed by atoms with Gasteiger partial charge in [0, 0.05) is 24.7 Å². The largest absolute Gasteiger partial charge is 0.486 e. The zero-order valence-electron chi connectivity index (χ0n) is 11.5. The maximum Gasteiger partial charge on any atom is 0.311 e. The molecule has 110 valence electrons. The van der Waals surface area contributed by atoms with Crippen molar-refractivity contribution in [1.29, 1.82) is 0 Å². The Kier molecular flexibility index (Phi) is 4.88. The number of aryl methyl sites for hydroxylation is 1. The molecule has 6 heteroatoms. The number of nitro benzene ring substituents is 1. The van der Waals surface area contributed by atoms with Gasteiger partial charge in [0.25, 0.3) is 0 Å². The first-order valence-electron chi connectivity index (χ1n) is 6.63. The number of ether oxygens (including phenoxy) is 2. The molecule has 0 saturated carbocycles. The van der Waals surface area contributed by atoms with E-state index in [-0.39, 0.29) is 11.1 Å². The van der Waals surface area contributed by atoms with Crippen molar-refractivity contribution in [2.24, 2.45) is 5.41 Å². The third kappa shape index (κ3) is 3.43. The second-order valence-corrected chi connectivity index (χ2v) is 5.60. The van der Waals surface area contributed by atoms with Gasteiger partial charge in [-0.2, -0.15) is 12.6 Å². The number of rotatable bonds is 5. The van der Waals surface area contributed by atoms with Crippen molar-refractivity contribution in [2.45, 2.75) is 19.8 Å². The van der Waals surface area contributed by atoms with Gasteiger partial charge in [0.2, 0.25) is 0 Å². The van der Waals surface area contributed by atoms with Gasteiger partial charge in [0.05, 0.1) is 11.5 Å². The summed E-state index contributed by atoms with van der Waals surface area (Å²) in [6, 6.07) is 5.02. The molecule has 0 radical (unpaired) electrons. The molecular formula is C14H19NO4S. The first-order chi connectivity index (χ1) is 9.56. The predicted octanol–water partition coefficient (Wildman–Crippen LogP) is 3.01. The van der Waals surface area contributed by atoms with E-state index in [1.807, 2.05) is 13.0 Å². The summed E-state index contributed by atoms with van der Waals surface area (Å²) in [6.45, 7) is 3.65. The van der Waals surface area contributed by atoms with Crippen LogP contribution in [0.5, 0.6) is 5.75 Å². The summed E-state index contributed by atoms with van der Waals surface area (Å²) in [4.78, 5) is 10.7. The quantitative estimate of drug-likeness (QED) is 0.515. The van der Waals surface area contributed by atoms with Crippen LogP contribution < -0.4 is 4.74 Å². The topological polar surface area (TPSA) is 61.6 Å². The first kappa shape index (κ1) is 15.1. The SMILES string of the molecule is Cc1ccc(OCC2(CS)CCOCC2)c([N+](=O)[O-])c1. The summed E-state index contributed by atoms with van der Waals surface area (Å²) >= 11 is 4.41. The highest BCUT2D eigenvalue weighted by atomic mass is 32.1. The highest BCUT2D eigenvalue weighted by molar-refractivity contribution is 7.80. The molecule has 1 aliphatic rings. The second-order valence-electron chi connectivity index (χ2n) is 5.29. The van der Waals surface area contributed by atoms with Crippen molar-refractivity contribution >= 4 is 18.3 Å². The van der Waals surface area contributed by atoms with E-state index in [0.717, 1.165) is 18.4 Å². The fourth-order valence-corrected chi connectivity index (χ4v) is 2.68. The van der Waals surface area contributed by atoms with Crippen LogP contribution >= 0.6 is 12.6 Å². The van der Waals surface area contributed by atoms with Gasteiger partial charge in [-0.05, 0) is 37.1 Å². The van der Waals surface area contributed by atoms with Gasteiger partial charge in [-0.1, -0.05) is 6.07 Å². The van der Waals surface area contributed by atoms with E-state index in [1.165, 1.54) is 6.07 Å². The third-order valence-corrected chi connectivity index (χ3v) is 4.40. The van der Waals surface area contributed by atoms with Gasteiger partial charge in [-0.15, -0.1) is 0 Å². The van der Waals surface area contributed by atoms with Crippen LogP contribution in [0.25, 0.3) is 0 Å². The van der Waals surface area contributed by atoms with Gasteiger partial charge in [-0.3, -0.25) is 10.1 Å². The van der Waals surface area contributed by atoms with Gasteiger partial charge in [0.1, 0.15) is 0 Å². The van der Waals surface area contributed by atoms with E-state index in [1.54, 1.807) is 6.07 Å². The van der Waals surface area contributed by atoms with E-state index in [9.17, 15) is 10.1 Å². The molecule has 0 spiro atoms. The number of thiol groups is 1. The summed E-state index contributed by atoms with van der Waals surface area (Å²) in [5, 5.41) is 11.1. The van der Waals surface area contributed by atoms with Crippen LogP contribution in [-0.2, 0) is 4.74 Å². The predicted molar refractivity (Wildman–Crippen MR) is 79.7 cm³/mol. The molecule has 0 N–H and O–H groups in total. The third-order valence-electron chi connectivity index (χ3n) is 3.73. The van der Waals surface area contributed by atoms with Crippen LogP contribution in [0.1, 0.15) is 18.4 Å². The highest BCUT2D eigenvalue weighted by Gasteiger charge is 2.33. The van der Waals surface area contributed by atoms with Gasteiger partial charge in [0.15, 0.2) is 5.75 Å². The molecule has 1 fully saturated rings. The average molecular weight is 297 g/mol. The molecule has 0 unspecified atom stereocenters. The summed E-state index contributed by atoms with van der Waals surface area (Å²) in [5.41, 5.74) is 0.811. The van der Waals surface area contributed by atoms with Crippen molar-refractivity contribution in [1.82, 2.24) is 0 Å². The van der Waals surface area contributed by atoms with Crippen LogP contribution in [-0.4, -0.2) is 30.5 Å². The lowest BCUT2D eigenvalue weighted by Crippen LogP contribution is -2.37. The Bertz CT molecular complexity index is 486. The van der Waals surface area contributed by atoms with E-state index in [2.05, 4.69) is 12.6 Å².